The van der Waals surface area contributed by atoms with E-state index in [1.165, 1.54) is 0 Å². The Labute approximate surface area is 165 Å². The number of rotatable bonds is 3. The van der Waals surface area contributed by atoms with Crippen molar-refractivity contribution in [3.63, 3.8) is 0 Å². The molecule has 0 amide bonds. The van der Waals surface area contributed by atoms with Crippen LogP contribution in [0.25, 0.3) is 27.7 Å². The summed E-state index contributed by atoms with van der Waals surface area (Å²) >= 11 is 5.94. The highest BCUT2D eigenvalue weighted by molar-refractivity contribution is 6.30. The van der Waals surface area contributed by atoms with Crippen LogP contribution in [-0.2, 0) is 0 Å². The third-order valence-corrected chi connectivity index (χ3v) is 4.86. The maximum absolute atomic E-state index is 12.9. The normalized spacial score (nSPS) is 11.2. The Balaban J connectivity index is 1.53. The van der Waals surface area contributed by atoms with Gasteiger partial charge in [0.15, 0.2) is 11.3 Å². The van der Waals surface area contributed by atoms with Crippen molar-refractivity contribution in [2.24, 2.45) is 0 Å². The van der Waals surface area contributed by atoms with Gasteiger partial charge < -0.3 is 0 Å². The van der Waals surface area contributed by atoms with E-state index in [9.17, 15) is 4.79 Å². The minimum atomic E-state index is -0.191. The van der Waals surface area contributed by atoms with E-state index < -0.39 is 0 Å². The first kappa shape index (κ1) is 16.6. The Bertz CT molecular complexity index is 1340. The number of carbonyl (C=O) groups is 1. The van der Waals surface area contributed by atoms with Gasteiger partial charge in [-0.05, 0) is 29.0 Å². The third kappa shape index (κ3) is 2.92. The molecule has 0 fully saturated rings. The van der Waals surface area contributed by atoms with Gasteiger partial charge in [-0.25, -0.2) is 4.52 Å². The molecule has 0 spiro atoms. The first-order chi connectivity index (χ1) is 13.7. The second kappa shape index (κ2) is 6.55. The number of ketones is 1. The van der Waals surface area contributed by atoms with E-state index >= 15 is 0 Å². The molecule has 0 saturated heterocycles. The monoisotopic (exact) mass is 384 g/mol. The van der Waals surface area contributed by atoms with Crippen LogP contribution in [0.1, 0.15) is 16.1 Å². The molecule has 5 aromatic rings. The zero-order valence-electron chi connectivity index (χ0n) is 14.6. The number of carbonyl (C=O) groups excluding carboxylic acids is 1. The lowest BCUT2D eigenvalue weighted by atomic mass is 10.0. The van der Waals surface area contributed by atoms with E-state index in [-0.39, 0.29) is 11.5 Å². The van der Waals surface area contributed by atoms with Gasteiger partial charge >= 0.3 is 0 Å². The van der Waals surface area contributed by atoms with Gasteiger partial charge in [0.25, 0.3) is 0 Å². The zero-order valence-corrected chi connectivity index (χ0v) is 15.3. The molecule has 6 heteroatoms. The number of nitrogens with zero attached hydrogens (tertiary/aromatic N) is 4. The zero-order chi connectivity index (χ0) is 19.1. The Morgan fingerprint density at radius 2 is 1.64 bits per heavy atom. The molecule has 0 aliphatic carbocycles. The molecule has 2 heterocycles. The lowest BCUT2D eigenvalue weighted by molar-refractivity contribution is 0.103. The van der Waals surface area contributed by atoms with Gasteiger partial charge in [-0.1, -0.05) is 60.1 Å². The maximum Gasteiger partial charge on any atom is 0.214 e. The highest BCUT2D eigenvalue weighted by Gasteiger charge is 2.14. The first-order valence-corrected chi connectivity index (χ1v) is 9.08. The van der Waals surface area contributed by atoms with Crippen LogP contribution >= 0.6 is 11.6 Å². The fourth-order valence-corrected chi connectivity index (χ4v) is 3.27. The lowest BCUT2D eigenvalue weighted by Crippen LogP contribution is -2.08. The highest BCUT2D eigenvalue weighted by atomic mass is 35.5. The minimum absolute atomic E-state index is 0.191. The number of benzene rings is 3. The van der Waals surface area contributed by atoms with Crippen LogP contribution in [0.15, 0.2) is 79.0 Å². The summed E-state index contributed by atoms with van der Waals surface area (Å²) in [5.74, 6) is -0.191. The van der Waals surface area contributed by atoms with Crippen molar-refractivity contribution in [2.75, 3.05) is 0 Å². The van der Waals surface area contributed by atoms with Gasteiger partial charge in [-0.2, -0.15) is 5.10 Å². The van der Waals surface area contributed by atoms with Crippen molar-refractivity contribution in [2.45, 2.75) is 0 Å². The molecule has 5 nitrogen and oxygen atoms in total. The van der Waals surface area contributed by atoms with Crippen molar-refractivity contribution in [1.29, 1.82) is 0 Å². The van der Waals surface area contributed by atoms with E-state index in [0.29, 0.717) is 16.2 Å². The summed E-state index contributed by atoms with van der Waals surface area (Å²) in [7, 11) is 0. The molecule has 5 rings (SSSR count). The third-order valence-electron chi connectivity index (χ3n) is 4.61. The summed E-state index contributed by atoms with van der Waals surface area (Å²) < 4.78 is 1.57. The van der Waals surface area contributed by atoms with Crippen molar-refractivity contribution in [3.05, 3.63) is 95.3 Å². The SMILES string of the molecule is O=C(c1ccc2ccccc2c1)c1cn2nc(-c3ccc(Cl)cc3)cc2nn1. The molecule has 0 radical (unpaired) electrons. The molecule has 0 saturated carbocycles. The number of hydrogen-bond acceptors (Lipinski definition) is 4. The van der Waals surface area contributed by atoms with Crippen LogP contribution in [0.5, 0.6) is 0 Å². The summed E-state index contributed by atoms with van der Waals surface area (Å²) in [5, 5.41) is 15.5. The first-order valence-electron chi connectivity index (χ1n) is 8.70. The van der Waals surface area contributed by atoms with Crippen molar-refractivity contribution in [1.82, 2.24) is 19.8 Å². The summed E-state index contributed by atoms with van der Waals surface area (Å²) in [5.41, 5.74) is 3.03. The summed E-state index contributed by atoms with van der Waals surface area (Å²) in [6, 6.07) is 22.7. The number of fused-ring (bicyclic) bond motifs is 2. The Morgan fingerprint density at radius 1 is 0.857 bits per heavy atom. The fraction of sp³-hybridized carbons (Fsp3) is 0. The van der Waals surface area contributed by atoms with E-state index in [0.717, 1.165) is 22.0 Å². The van der Waals surface area contributed by atoms with Crippen LogP contribution in [0.4, 0.5) is 0 Å². The standard InChI is InChI=1S/C22H13ClN4O/c23-18-9-7-15(8-10-18)19-12-21-25-24-20(13-27(21)26-19)22(28)17-6-5-14-3-1-2-4-16(14)11-17/h1-13H. The number of aromatic nitrogens is 4. The molecule has 0 N–H and O–H groups in total. The van der Waals surface area contributed by atoms with Crippen molar-refractivity contribution in [3.8, 4) is 11.3 Å². The second-order valence-electron chi connectivity index (χ2n) is 6.44. The highest BCUT2D eigenvalue weighted by Crippen LogP contribution is 2.22. The van der Waals surface area contributed by atoms with Gasteiger partial charge in [-0.3, -0.25) is 4.79 Å². The molecule has 134 valence electrons. The van der Waals surface area contributed by atoms with Gasteiger partial charge in [0.1, 0.15) is 0 Å². The largest absolute Gasteiger partial charge is 0.287 e. The van der Waals surface area contributed by atoms with Crippen LogP contribution in [-0.4, -0.2) is 25.6 Å². The van der Waals surface area contributed by atoms with Crippen LogP contribution < -0.4 is 0 Å². The molecule has 0 atom stereocenters. The Morgan fingerprint density at radius 3 is 2.46 bits per heavy atom. The predicted octanol–water partition coefficient (Wildman–Crippen LogP) is 4.83. The molecule has 28 heavy (non-hydrogen) atoms. The average molecular weight is 385 g/mol. The average Bonchev–Trinajstić information content (AvgIpc) is 3.16. The summed E-state index contributed by atoms with van der Waals surface area (Å²) in [6.45, 7) is 0. The molecular formula is C22H13ClN4O. The van der Waals surface area contributed by atoms with Gasteiger partial charge in [0.2, 0.25) is 5.78 Å². The topological polar surface area (TPSA) is 60.2 Å². The van der Waals surface area contributed by atoms with Crippen LogP contribution in [0, 0.1) is 0 Å². The molecule has 0 bridgehead atoms. The minimum Gasteiger partial charge on any atom is -0.287 e. The second-order valence-corrected chi connectivity index (χ2v) is 6.88. The molecular weight excluding hydrogens is 372 g/mol. The Hall–Kier alpha value is -3.57. The molecule has 0 aliphatic rings. The van der Waals surface area contributed by atoms with Crippen LogP contribution in [0.2, 0.25) is 5.02 Å². The summed E-state index contributed by atoms with van der Waals surface area (Å²) in [6.07, 6.45) is 1.61. The van der Waals surface area contributed by atoms with Crippen LogP contribution in [0.3, 0.4) is 0 Å². The molecule has 0 unspecified atom stereocenters. The quantitative estimate of drug-likeness (QED) is 0.418. The molecule has 0 aliphatic heterocycles. The molecule has 3 aromatic carbocycles. The number of hydrogen-bond donors (Lipinski definition) is 0. The van der Waals surface area contributed by atoms with E-state index in [1.54, 1.807) is 28.9 Å². The maximum atomic E-state index is 12.9. The van der Waals surface area contributed by atoms with Crippen molar-refractivity contribution < 1.29 is 4.79 Å². The number of halogens is 1. The van der Waals surface area contributed by atoms with Crippen molar-refractivity contribution >= 4 is 33.8 Å². The van der Waals surface area contributed by atoms with E-state index in [1.807, 2.05) is 54.6 Å². The van der Waals surface area contributed by atoms with Gasteiger partial charge in [-0.15, -0.1) is 10.2 Å². The summed E-state index contributed by atoms with van der Waals surface area (Å²) in [4.78, 5) is 12.9. The lowest BCUT2D eigenvalue weighted by Gasteiger charge is -2.03. The van der Waals surface area contributed by atoms with Gasteiger partial charge in [0.05, 0.1) is 11.9 Å². The molecule has 2 aromatic heterocycles. The smallest absolute Gasteiger partial charge is 0.214 e. The predicted molar refractivity (Wildman–Crippen MR) is 109 cm³/mol. The van der Waals surface area contributed by atoms with E-state index in [4.69, 9.17) is 11.6 Å². The Kier molecular flexibility index (Phi) is 3.88. The van der Waals surface area contributed by atoms with Gasteiger partial charge in [0, 0.05) is 22.2 Å². The van der Waals surface area contributed by atoms with E-state index in [2.05, 4.69) is 15.3 Å². The fourth-order valence-electron chi connectivity index (χ4n) is 3.15.